The summed E-state index contributed by atoms with van der Waals surface area (Å²) in [7, 11) is 1.72. The van der Waals surface area contributed by atoms with Crippen LogP contribution in [0.3, 0.4) is 0 Å². The van der Waals surface area contributed by atoms with Crippen LogP contribution in [-0.2, 0) is 11.3 Å². The first-order valence-corrected chi connectivity index (χ1v) is 5.65. The van der Waals surface area contributed by atoms with Gasteiger partial charge in [-0.3, -0.25) is 4.68 Å². The molecule has 0 unspecified atom stereocenters. The number of nitrogens with one attached hydrogen (secondary N) is 1. The highest BCUT2D eigenvalue weighted by molar-refractivity contribution is 5.10. The summed E-state index contributed by atoms with van der Waals surface area (Å²) in [5.74, 6) is 0. The lowest BCUT2D eigenvalue weighted by Crippen LogP contribution is -2.26. The summed E-state index contributed by atoms with van der Waals surface area (Å²) < 4.78 is 6.98. The van der Waals surface area contributed by atoms with Crippen LogP contribution in [0.25, 0.3) is 0 Å². The molecule has 2 rings (SSSR count). The van der Waals surface area contributed by atoms with E-state index in [-0.39, 0.29) is 0 Å². The Bertz CT molecular complexity index is 292. The highest BCUT2D eigenvalue weighted by Gasteiger charge is 2.15. The van der Waals surface area contributed by atoms with Crippen LogP contribution in [0.5, 0.6) is 0 Å². The molecule has 0 aromatic carbocycles. The molecular formula is C11H19N3O. The van der Waals surface area contributed by atoms with E-state index < -0.39 is 0 Å². The van der Waals surface area contributed by atoms with E-state index in [0.717, 1.165) is 19.7 Å². The summed E-state index contributed by atoms with van der Waals surface area (Å²) in [6.07, 6.45) is 7.95. The fourth-order valence-corrected chi connectivity index (χ4v) is 2.00. The first kappa shape index (κ1) is 10.6. The molecule has 1 aromatic rings. The molecule has 0 saturated carbocycles. The number of hydrogen-bond acceptors (Lipinski definition) is 3. The summed E-state index contributed by atoms with van der Waals surface area (Å²) in [6, 6.07) is 0.509. The molecule has 0 aliphatic carbocycles. The van der Waals surface area contributed by atoms with Crippen molar-refractivity contribution in [2.24, 2.45) is 0 Å². The van der Waals surface area contributed by atoms with E-state index in [1.165, 1.54) is 24.8 Å². The third kappa shape index (κ3) is 2.79. The van der Waals surface area contributed by atoms with E-state index in [4.69, 9.17) is 4.74 Å². The molecule has 0 bridgehead atoms. The van der Waals surface area contributed by atoms with Gasteiger partial charge in [0, 0.05) is 24.9 Å². The fraction of sp³-hybridized carbons (Fsp3) is 0.727. The zero-order valence-corrected chi connectivity index (χ0v) is 9.28. The van der Waals surface area contributed by atoms with Gasteiger partial charge >= 0.3 is 0 Å². The number of piperidine rings is 1. The van der Waals surface area contributed by atoms with Gasteiger partial charge in [-0.05, 0) is 19.4 Å². The summed E-state index contributed by atoms with van der Waals surface area (Å²) in [5.41, 5.74) is 1.31. The van der Waals surface area contributed by atoms with E-state index in [1.807, 2.05) is 10.9 Å². The van der Waals surface area contributed by atoms with Crippen molar-refractivity contribution in [2.45, 2.75) is 31.8 Å². The summed E-state index contributed by atoms with van der Waals surface area (Å²) in [5, 5.41) is 7.85. The van der Waals surface area contributed by atoms with E-state index in [2.05, 4.69) is 16.6 Å². The van der Waals surface area contributed by atoms with Crippen molar-refractivity contribution in [3.8, 4) is 0 Å². The van der Waals surface area contributed by atoms with Crippen LogP contribution >= 0.6 is 0 Å². The third-order valence-electron chi connectivity index (χ3n) is 2.89. The molecular weight excluding hydrogens is 190 g/mol. The van der Waals surface area contributed by atoms with Crippen LogP contribution in [0.1, 0.15) is 30.9 Å². The molecule has 1 saturated heterocycles. The maximum Gasteiger partial charge on any atom is 0.0658 e. The molecule has 1 atom stereocenters. The molecule has 0 radical (unpaired) electrons. The molecule has 1 N–H and O–H groups in total. The lowest BCUT2D eigenvalue weighted by molar-refractivity contribution is 0.183. The Morgan fingerprint density at radius 2 is 2.53 bits per heavy atom. The zero-order valence-electron chi connectivity index (χ0n) is 9.28. The van der Waals surface area contributed by atoms with E-state index >= 15 is 0 Å². The molecule has 84 valence electrons. The van der Waals surface area contributed by atoms with Gasteiger partial charge in [-0.15, -0.1) is 0 Å². The van der Waals surface area contributed by atoms with Crippen LogP contribution in [0.2, 0.25) is 0 Å². The largest absolute Gasteiger partial charge is 0.383 e. The smallest absolute Gasteiger partial charge is 0.0658 e. The fourth-order valence-electron chi connectivity index (χ4n) is 2.00. The minimum absolute atomic E-state index is 0.509. The van der Waals surface area contributed by atoms with Crippen molar-refractivity contribution in [3.05, 3.63) is 18.0 Å². The van der Waals surface area contributed by atoms with Crippen molar-refractivity contribution >= 4 is 0 Å². The third-order valence-corrected chi connectivity index (χ3v) is 2.89. The van der Waals surface area contributed by atoms with Crippen LogP contribution < -0.4 is 5.32 Å². The second-order valence-electron chi connectivity index (χ2n) is 4.03. The van der Waals surface area contributed by atoms with Crippen molar-refractivity contribution in [2.75, 3.05) is 20.3 Å². The lowest BCUT2D eigenvalue weighted by atomic mass is 10.0. The molecule has 1 aromatic heterocycles. The summed E-state index contributed by atoms with van der Waals surface area (Å²) in [4.78, 5) is 0. The van der Waals surface area contributed by atoms with Crippen molar-refractivity contribution < 1.29 is 4.74 Å². The van der Waals surface area contributed by atoms with Gasteiger partial charge in [0.25, 0.3) is 0 Å². The van der Waals surface area contributed by atoms with Crippen molar-refractivity contribution in [3.63, 3.8) is 0 Å². The number of rotatable bonds is 4. The standard InChI is InChI=1S/C11H19N3O/c1-15-7-6-14-9-10(8-13-14)11-4-2-3-5-12-11/h8-9,11-12H,2-7H2,1H3/t11-/m0/s1. The summed E-state index contributed by atoms with van der Waals surface area (Å²) in [6.45, 7) is 2.69. The average Bonchev–Trinajstić information content (AvgIpc) is 2.76. The van der Waals surface area contributed by atoms with E-state index in [9.17, 15) is 0 Å². The molecule has 4 nitrogen and oxygen atoms in total. The molecule has 15 heavy (non-hydrogen) atoms. The number of aromatic nitrogens is 2. The van der Waals surface area contributed by atoms with Crippen molar-refractivity contribution in [1.82, 2.24) is 15.1 Å². The Hall–Kier alpha value is -0.870. The van der Waals surface area contributed by atoms with Gasteiger partial charge in [0.1, 0.15) is 0 Å². The predicted molar refractivity (Wildman–Crippen MR) is 58.7 cm³/mol. The van der Waals surface area contributed by atoms with Crippen molar-refractivity contribution in [1.29, 1.82) is 0 Å². The van der Waals surface area contributed by atoms with Gasteiger partial charge < -0.3 is 10.1 Å². The van der Waals surface area contributed by atoms with Crippen LogP contribution in [0.4, 0.5) is 0 Å². The monoisotopic (exact) mass is 209 g/mol. The minimum atomic E-state index is 0.509. The predicted octanol–water partition coefficient (Wildman–Crippen LogP) is 1.34. The number of ether oxygens (including phenoxy) is 1. The molecule has 1 aliphatic rings. The Balaban J connectivity index is 1.93. The topological polar surface area (TPSA) is 39.1 Å². The van der Waals surface area contributed by atoms with E-state index in [0.29, 0.717) is 6.04 Å². The second kappa shape index (κ2) is 5.28. The van der Waals surface area contributed by atoms with Gasteiger partial charge in [-0.25, -0.2) is 0 Å². The number of methoxy groups -OCH3 is 1. The number of hydrogen-bond donors (Lipinski definition) is 1. The SMILES string of the molecule is COCCn1cc([C@@H]2CCCCN2)cn1. The quantitative estimate of drug-likeness (QED) is 0.813. The van der Waals surface area contributed by atoms with Crippen LogP contribution in [0, 0.1) is 0 Å². The normalized spacial score (nSPS) is 21.8. The van der Waals surface area contributed by atoms with Gasteiger partial charge in [0.2, 0.25) is 0 Å². The first-order valence-electron chi connectivity index (χ1n) is 5.65. The Kier molecular flexibility index (Phi) is 3.75. The highest BCUT2D eigenvalue weighted by Crippen LogP contribution is 2.21. The van der Waals surface area contributed by atoms with Crippen LogP contribution in [0.15, 0.2) is 12.4 Å². The van der Waals surface area contributed by atoms with E-state index in [1.54, 1.807) is 7.11 Å². The number of nitrogens with zero attached hydrogens (tertiary/aromatic N) is 2. The highest BCUT2D eigenvalue weighted by atomic mass is 16.5. The Morgan fingerprint density at radius 1 is 1.60 bits per heavy atom. The molecule has 1 aliphatic heterocycles. The average molecular weight is 209 g/mol. The maximum absolute atomic E-state index is 5.02. The second-order valence-corrected chi connectivity index (χ2v) is 4.03. The first-order chi connectivity index (χ1) is 7.40. The maximum atomic E-state index is 5.02. The molecule has 4 heteroatoms. The molecule has 0 spiro atoms. The minimum Gasteiger partial charge on any atom is -0.383 e. The van der Waals surface area contributed by atoms with Gasteiger partial charge in [0.15, 0.2) is 0 Å². The molecule has 1 fully saturated rings. The van der Waals surface area contributed by atoms with Gasteiger partial charge in [0.05, 0.1) is 19.3 Å². The summed E-state index contributed by atoms with van der Waals surface area (Å²) >= 11 is 0. The van der Waals surface area contributed by atoms with Gasteiger partial charge in [-0.2, -0.15) is 5.10 Å². The van der Waals surface area contributed by atoms with Gasteiger partial charge in [-0.1, -0.05) is 6.42 Å². The Labute approximate surface area is 90.6 Å². The Morgan fingerprint density at radius 3 is 3.27 bits per heavy atom. The lowest BCUT2D eigenvalue weighted by Gasteiger charge is -2.22. The molecule has 0 amide bonds. The molecule has 2 heterocycles. The zero-order chi connectivity index (χ0) is 10.5. The van der Waals surface area contributed by atoms with Crippen LogP contribution in [-0.4, -0.2) is 30.0 Å².